The molecule has 2 aromatic rings. The van der Waals surface area contributed by atoms with E-state index in [4.69, 9.17) is 9.15 Å². The normalized spacial score (nSPS) is 13.0. The van der Waals surface area contributed by atoms with Crippen LogP contribution in [0.1, 0.15) is 50.0 Å². The summed E-state index contributed by atoms with van der Waals surface area (Å²) in [5.74, 6) is -1.55. The van der Waals surface area contributed by atoms with Crippen LogP contribution in [0.4, 0.5) is 0 Å². The minimum atomic E-state index is -1.09. The Kier molecular flexibility index (Phi) is 5.85. The summed E-state index contributed by atoms with van der Waals surface area (Å²) in [6, 6.07) is 4.63. The number of carboxylic acid groups (broad SMARTS) is 1. The molecule has 0 aliphatic heterocycles. The third kappa shape index (κ3) is 5.06. The molecule has 0 fully saturated rings. The second kappa shape index (κ2) is 7.70. The molecule has 1 heterocycles. The lowest BCUT2D eigenvalue weighted by atomic mass is 10.1. The fourth-order valence-electron chi connectivity index (χ4n) is 2.45. The van der Waals surface area contributed by atoms with Gasteiger partial charge in [-0.25, -0.2) is 4.79 Å². The van der Waals surface area contributed by atoms with Crippen LogP contribution in [0.2, 0.25) is 0 Å². The number of aryl methyl sites for hydroxylation is 1. The fraction of sp³-hybridized carbons (Fsp3) is 0.474. The Morgan fingerprint density at radius 1 is 1.32 bits per heavy atom. The summed E-state index contributed by atoms with van der Waals surface area (Å²) in [6.45, 7) is 7.95. The highest BCUT2D eigenvalue weighted by Crippen LogP contribution is 2.23. The van der Waals surface area contributed by atoms with E-state index < -0.39 is 17.9 Å². The van der Waals surface area contributed by atoms with Gasteiger partial charge in [-0.05, 0) is 44.9 Å². The maximum Gasteiger partial charge on any atom is 0.326 e. The number of carboxylic acids is 1. The molecule has 0 spiro atoms. The van der Waals surface area contributed by atoms with Crippen molar-refractivity contribution in [1.82, 2.24) is 5.32 Å². The Morgan fingerprint density at radius 2 is 2.04 bits per heavy atom. The molecule has 136 valence electrons. The summed E-state index contributed by atoms with van der Waals surface area (Å²) in [4.78, 5) is 23.9. The first-order chi connectivity index (χ1) is 11.7. The quantitative estimate of drug-likeness (QED) is 0.801. The van der Waals surface area contributed by atoms with E-state index in [1.165, 1.54) is 6.26 Å². The van der Waals surface area contributed by atoms with Gasteiger partial charge in [0.25, 0.3) is 5.91 Å². The summed E-state index contributed by atoms with van der Waals surface area (Å²) in [7, 11) is 0. The van der Waals surface area contributed by atoms with E-state index in [0.29, 0.717) is 16.5 Å². The zero-order valence-electron chi connectivity index (χ0n) is 15.1. The molecule has 2 rings (SSSR count). The number of rotatable bonds is 7. The number of aliphatic carboxylic acids is 1. The van der Waals surface area contributed by atoms with Gasteiger partial charge in [0.1, 0.15) is 17.9 Å². The van der Waals surface area contributed by atoms with E-state index in [2.05, 4.69) is 5.32 Å². The minimum absolute atomic E-state index is 0.189. The largest absolute Gasteiger partial charge is 0.480 e. The van der Waals surface area contributed by atoms with E-state index in [1.54, 1.807) is 0 Å². The van der Waals surface area contributed by atoms with Gasteiger partial charge in [-0.15, -0.1) is 0 Å². The number of amides is 1. The Morgan fingerprint density at radius 3 is 2.64 bits per heavy atom. The van der Waals surface area contributed by atoms with Crippen molar-refractivity contribution in [2.75, 3.05) is 6.61 Å². The highest BCUT2D eigenvalue weighted by molar-refractivity contribution is 6.07. The zero-order chi connectivity index (χ0) is 18.6. The van der Waals surface area contributed by atoms with E-state index in [1.807, 2.05) is 45.9 Å². The van der Waals surface area contributed by atoms with Crippen molar-refractivity contribution < 1.29 is 23.8 Å². The molecule has 0 aliphatic rings. The molecular formula is C19H25NO5. The van der Waals surface area contributed by atoms with Crippen molar-refractivity contribution in [3.63, 3.8) is 0 Å². The maximum absolute atomic E-state index is 12.5. The van der Waals surface area contributed by atoms with Crippen molar-refractivity contribution in [2.45, 2.75) is 52.2 Å². The second-order valence-electron chi connectivity index (χ2n) is 6.95. The monoisotopic (exact) mass is 347 g/mol. The molecule has 0 bridgehead atoms. The number of ether oxygens (including phenoxy) is 1. The third-order valence-electron chi connectivity index (χ3n) is 3.84. The number of hydrogen-bond acceptors (Lipinski definition) is 4. The third-order valence-corrected chi connectivity index (χ3v) is 3.84. The van der Waals surface area contributed by atoms with Crippen LogP contribution in [0.25, 0.3) is 11.0 Å². The molecule has 0 saturated heterocycles. The summed E-state index contributed by atoms with van der Waals surface area (Å²) >= 11 is 0. The average Bonchev–Trinajstić information content (AvgIpc) is 2.95. The van der Waals surface area contributed by atoms with Crippen molar-refractivity contribution in [3.05, 3.63) is 35.6 Å². The van der Waals surface area contributed by atoms with Gasteiger partial charge in [-0.2, -0.15) is 0 Å². The molecule has 1 amide bonds. The molecular weight excluding hydrogens is 322 g/mol. The molecule has 0 saturated carbocycles. The SMILES string of the molecule is CCc1ccc2occ(C(=O)NC(CCOC(C)(C)C)C(=O)O)c2c1. The smallest absolute Gasteiger partial charge is 0.326 e. The molecule has 2 N–H and O–H groups in total. The van der Waals surface area contributed by atoms with Gasteiger partial charge in [0.2, 0.25) is 0 Å². The Bertz CT molecular complexity index is 757. The van der Waals surface area contributed by atoms with Crippen molar-refractivity contribution in [3.8, 4) is 0 Å². The fourth-order valence-corrected chi connectivity index (χ4v) is 2.45. The molecule has 0 aliphatic carbocycles. The maximum atomic E-state index is 12.5. The number of furan rings is 1. The predicted octanol–water partition coefficient (Wildman–Crippen LogP) is 3.38. The van der Waals surface area contributed by atoms with Crippen LogP contribution in [0.5, 0.6) is 0 Å². The van der Waals surface area contributed by atoms with E-state index >= 15 is 0 Å². The molecule has 1 atom stereocenters. The van der Waals surface area contributed by atoms with Crippen molar-refractivity contribution in [1.29, 1.82) is 0 Å². The van der Waals surface area contributed by atoms with Gasteiger partial charge in [0, 0.05) is 18.4 Å². The van der Waals surface area contributed by atoms with Crippen LogP contribution in [-0.2, 0) is 16.0 Å². The van der Waals surface area contributed by atoms with Gasteiger partial charge < -0.3 is 19.6 Å². The molecule has 1 unspecified atom stereocenters. The van der Waals surface area contributed by atoms with Gasteiger partial charge in [0.15, 0.2) is 0 Å². The number of carbonyl (C=O) groups is 2. The van der Waals surface area contributed by atoms with E-state index in [-0.39, 0.29) is 18.6 Å². The predicted molar refractivity (Wildman–Crippen MR) is 94.8 cm³/mol. The van der Waals surface area contributed by atoms with Crippen molar-refractivity contribution >= 4 is 22.8 Å². The number of hydrogen-bond donors (Lipinski definition) is 2. The topological polar surface area (TPSA) is 88.8 Å². The molecule has 1 aromatic heterocycles. The number of carbonyl (C=O) groups excluding carboxylic acids is 1. The highest BCUT2D eigenvalue weighted by atomic mass is 16.5. The van der Waals surface area contributed by atoms with Crippen molar-refractivity contribution in [2.24, 2.45) is 0 Å². The molecule has 6 nitrogen and oxygen atoms in total. The number of nitrogens with one attached hydrogen (secondary N) is 1. The first-order valence-electron chi connectivity index (χ1n) is 8.39. The number of fused-ring (bicyclic) bond motifs is 1. The lowest BCUT2D eigenvalue weighted by Gasteiger charge is -2.21. The molecule has 1 aromatic carbocycles. The molecule has 0 radical (unpaired) electrons. The first kappa shape index (κ1) is 19.0. The number of benzene rings is 1. The molecule has 25 heavy (non-hydrogen) atoms. The summed E-state index contributed by atoms with van der Waals surface area (Å²) in [6.07, 6.45) is 2.39. The van der Waals surface area contributed by atoms with E-state index in [9.17, 15) is 14.7 Å². The Hall–Kier alpha value is -2.34. The van der Waals surface area contributed by atoms with Gasteiger partial charge in [-0.1, -0.05) is 13.0 Å². The van der Waals surface area contributed by atoms with Crippen LogP contribution in [-0.4, -0.2) is 35.2 Å². The zero-order valence-corrected chi connectivity index (χ0v) is 15.1. The average molecular weight is 347 g/mol. The summed E-state index contributed by atoms with van der Waals surface area (Å²) < 4.78 is 11.0. The van der Waals surface area contributed by atoms with Gasteiger partial charge >= 0.3 is 5.97 Å². The summed E-state index contributed by atoms with van der Waals surface area (Å²) in [5, 5.41) is 12.6. The lowest BCUT2D eigenvalue weighted by molar-refractivity contribution is -0.140. The summed E-state index contributed by atoms with van der Waals surface area (Å²) in [5.41, 5.74) is 1.67. The van der Waals surface area contributed by atoms with E-state index in [0.717, 1.165) is 12.0 Å². The van der Waals surface area contributed by atoms with Gasteiger partial charge in [0.05, 0.1) is 11.2 Å². The van der Waals surface area contributed by atoms with Crippen LogP contribution < -0.4 is 5.32 Å². The standard InChI is InChI=1S/C19H25NO5/c1-5-12-6-7-16-13(10-12)14(11-24-16)17(21)20-15(18(22)23)8-9-25-19(2,3)4/h6-7,10-11,15H,5,8-9H2,1-4H3,(H,20,21)(H,22,23). The minimum Gasteiger partial charge on any atom is -0.480 e. The second-order valence-corrected chi connectivity index (χ2v) is 6.95. The highest BCUT2D eigenvalue weighted by Gasteiger charge is 2.23. The Balaban J connectivity index is 2.11. The van der Waals surface area contributed by atoms with Crippen LogP contribution in [0.3, 0.4) is 0 Å². The van der Waals surface area contributed by atoms with Crippen LogP contribution >= 0.6 is 0 Å². The first-order valence-corrected chi connectivity index (χ1v) is 8.39. The van der Waals surface area contributed by atoms with Gasteiger partial charge in [-0.3, -0.25) is 4.79 Å². The molecule has 6 heteroatoms. The Labute approximate surface area is 147 Å². The van der Waals surface area contributed by atoms with Crippen LogP contribution in [0.15, 0.2) is 28.9 Å². The lowest BCUT2D eigenvalue weighted by Crippen LogP contribution is -2.42. The van der Waals surface area contributed by atoms with Crippen LogP contribution in [0, 0.1) is 0 Å².